The molecule has 114 valence electrons. The molecule has 0 aliphatic rings. The van der Waals surface area contributed by atoms with Gasteiger partial charge in [0, 0.05) is 24.7 Å². The zero-order valence-corrected chi connectivity index (χ0v) is 11.9. The molecule has 0 atom stereocenters. The van der Waals surface area contributed by atoms with Crippen LogP contribution in [0.15, 0.2) is 48.7 Å². The van der Waals surface area contributed by atoms with E-state index >= 15 is 0 Å². The number of anilines is 1. The molecular weight excluding hydrogens is 291 g/mol. The van der Waals surface area contributed by atoms with Gasteiger partial charge in [0.05, 0.1) is 17.3 Å². The summed E-state index contributed by atoms with van der Waals surface area (Å²) in [6.45, 7) is 0.460. The van der Waals surface area contributed by atoms with Crippen molar-refractivity contribution < 1.29 is 13.2 Å². The number of nitrogens with zero attached hydrogens (tertiary/aromatic N) is 2. The quantitative estimate of drug-likeness (QED) is 0.786. The number of aryl methyl sites for hydroxylation is 1. The molecular formula is C16H14F3N3. The van der Waals surface area contributed by atoms with Crippen LogP contribution in [0.25, 0.3) is 10.9 Å². The zero-order valence-electron chi connectivity index (χ0n) is 11.9. The summed E-state index contributed by atoms with van der Waals surface area (Å²) in [4.78, 5) is 0. The molecule has 3 aromatic rings. The second kappa shape index (κ2) is 5.36. The highest BCUT2D eigenvalue weighted by Gasteiger charge is 2.29. The molecule has 0 unspecified atom stereocenters. The van der Waals surface area contributed by atoms with Crippen molar-refractivity contribution in [3.63, 3.8) is 0 Å². The van der Waals surface area contributed by atoms with Gasteiger partial charge in [-0.15, -0.1) is 0 Å². The highest BCUT2D eigenvalue weighted by Crippen LogP contribution is 2.29. The molecule has 0 spiro atoms. The third kappa shape index (κ3) is 2.90. The largest absolute Gasteiger partial charge is 0.416 e. The minimum absolute atomic E-state index is 0.460. The summed E-state index contributed by atoms with van der Waals surface area (Å²) in [5.74, 6) is 0. The fourth-order valence-corrected chi connectivity index (χ4v) is 2.27. The molecule has 0 saturated heterocycles. The predicted octanol–water partition coefficient (Wildman–Crippen LogP) is 4.20. The average Bonchev–Trinajstić information content (AvgIpc) is 2.86. The molecule has 0 aliphatic heterocycles. The summed E-state index contributed by atoms with van der Waals surface area (Å²) in [5.41, 5.74) is 2.05. The Morgan fingerprint density at radius 3 is 2.50 bits per heavy atom. The van der Waals surface area contributed by atoms with E-state index in [9.17, 15) is 13.2 Å². The first-order chi connectivity index (χ1) is 10.4. The Bertz CT molecular complexity index is 788. The highest BCUT2D eigenvalue weighted by atomic mass is 19.4. The van der Waals surface area contributed by atoms with Gasteiger partial charge in [0.15, 0.2) is 0 Å². The van der Waals surface area contributed by atoms with Gasteiger partial charge < -0.3 is 5.32 Å². The SMILES string of the molecule is Cn1ncc2ccc(NCc3ccc(C(F)(F)F)cc3)cc21. The zero-order chi connectivity index (χ0) is 15.7. The number of hydrogen-bond donors (Lipinski definition) is 1. The molecule has 3 nitrogen and oxygen atoms in total. The Balaban J connectivity index is 1.72. The minimum Gasteiger partial charge on any atom is -0.381 e. The van der Waals surface area contributed by atoms with Crippen molar-refractivity contribution in [2.45, 2.75) is 12.7 Å². The molecule has 1 N–H and O–H groups in total. The topological polar surface area (TPSA) is 29.9 Å². The van der Waals surface area contributed by atoms with Crippen LogP contribution in [0, 0.1) is 0 Å². The van der Waals surface area contributed by atoms with Crippen LogP contribution in [0.3, 0.4) is 0 Å². The maximum Gasteiger partial charge on any atom is 0.416 e. The highest BCUT2D eigenvalue weighted by molar-refractivity contribution is 5.82. The minimum atomic E-state index is -4.30. The maximum atomic E-state index is 12.5. The van der Waals surface area contributed by atoms with E-state index in [1.54, 1.807) is 10.9 Å². The van der Waals surface area contributed by atoms with Gasteiger partial charge in [0.25, 0.3) is 0 Å². The fourth-order valence-electron chi connectivity index (χ4n) is 2.27. The summed E-state index contributed by atoms with van der Waals surface area (Å²) in [6, 6.07) is 11.0. The van der Waals surface area contributed by atoms with E-state index in [-0.39, 0.29) is 0 Å². The Kier molecular flexibility index (Phi) is 3.52. The third-order valence-corrected chi connectivity index (χ3v) is 3.53. The fraction of sp³-hybridized carbons (Fsp3) is 0.188. The van der Waals surface area contributed by atoms with Crippen LogP contribution in [0.5, 0.6) is 0 Å². The second-order valence-electron chi connectivity index (χ2n) is 5.09. The summed E-state index contributed by atoms with van der Waals surface area (Å²) in [5, 5.41) is 8.42. The average molecular weight is 305 g/mol. The van der Waals surface area contributed by atoms with Gasteiger partial charge in [-0.3, -0.25) is 4.68 Å². The standard InChI is InChI=1S/C16H14F3N3/c1-22-15-8-14(7-4-12(15)10-21-22)20-9-11-2-5-13(6-3-11)16(17,18)19/h2-8,10,20H,9H2,1H3. The smallest absolute Gasteiger partial charge is 0.381 e. The number of benzene rings is 2. The molecule has 2 aromatic carbocycles. The molecule has 22 heavy (non-hydrogen) atoms. The predicted molar refractivity (Wildman–Crippen MR) is 79.5 cm³/mol. The van der Waals surface area contributed by atoms with Gasteiger partial charge in [0.1, 0.15) is 0 Å². The van der Waals surface area contributed by atoms with E-state index in [4.69, 9.17) is 0 Å². The molecule has 0 fully saturated rings. The summed E-state index contributed by atoms with van der Waals surface area (Å²) >= 11 is 0. The Hall–Kier alpha value is -2.50. The van der Waals surface area contributed by atoms with Gasteiger partial charge in [0.2, 0.25) is 0 Å². The van der Waals surface area contributed by atoms with Crippen LogP contribution in [0.1, 0.15) is 11.1 Å². The summed E-state index contributed by atoms with van der Waals surface area (Å²) in [6.07, 6.45) is -2.51. The van der Waals surface area contributed by atoms with Crippen LogP contribution < -0.4 is 5.32 Å². The van der Waals surface area contributed by atoms with Crippen molar-refractivity contribution in [2.24, 2.45) is 7.05 Å². The molecule has 1 aromatic heterocycles. The van der Waals surface area contributed by atoms with Crippen molar-refractivity contribution in [3.8, 4) is 0 Å². The van der Waals surface area contributed by atoms with Crippen molar-refractivity contribution in [2.75, 3.05) is 5.32 Å². The molecule has 0 amide bonds. The molecule has 6 heteroatoms. The first-order valence-corrected chi connectivity index (χ1v) is 6.75. The molecule has 0 saturated carbocycles. The van der Waals surface area contributed by atoms with Crippen LogP contribution in [-0.4, -0.2) is 9.78 Å². The van der Waals surface area contributed by atoms with Gasteiger partial charge >= 0.3 is 6.18 Å². The van der Waals surface area contributed by atoms with E-state index in [2.05, 4.69) is 10.4 Å². The van der Waals surface area contributed by atoms with E-state index in [0.717, 1.165) is 34.3 Å². The lowest BCUT2D eigenvalue weighted by atomic mass is 10.1. The lowest BCUT2D eigenvalue weighted by molar-refractivity contribution is -0.137. The molecule has 0 bridgehead atoms. The van der Waals surface area contributed by atoms with E-state index in [1.165, 1.54) is 12.1 Å². The van der Waals surface area contributed by atoms with E-state index < -0.39 is 11.7 Å². The normalized spacial score (nSPS) is 11.8. The molecule has 0 aliphatic carbocycles. The first-order valence-electron chi connectivity index (χ1n) is 6.75. The van der Waals surface area contributed by atoms with Gasteiger partial charge in [-0.1, -0.05) is 12.1 Å². The van der Waals surface area contributed by atoms with Crippen LogP contribution in [0.4, 0.5) is 18.9 Å². The summed E-state index contributed by atoms with van der Waals surface area (Å²) < 4.78 is 39.3. The lowest BCUT2D eigenvalue weighted by Crippen LogP contribution is -2.05. The van der Waals surface area contributed by atoms with Gasteiger partial charge in [-0.05, 0) is 35.9 Å². The van der Waals surface area contributed by atoms with E-state index in [1.807, 2.05) is 25.2 Å². The molecule has 0 radical (unpaired) electrons. The van der Waals surface area contributed by atoms with Gasteiger partial charge in [-0.25, -0.2) is 0 Å². The number of alkyl halides is 3. The number of hydrogen-bond acceptors (Lipinski definition) is 2. The summed E-state index contributed by atoms with van der Waals surface area (Å²) in [7, 11) is 1.86. The van der Waals surface area contributed by atoms with Crippen molar-refractivity contribution in [3.05, 3.63) is 59.8 Å². The van der Waals surface area contributed by atoms with Crippen LogP contribution in [-0.2, 0) is 19.8 Å². The number of rotatable bonds is 3. The van der Waals surface area contributed by atoms with Gasteiger partial charge in [-0.2, -0.15) is 18.3 Å². The third-order valence-electron chi connectivity index (χ3n) is 3.53. The number of fused-ring (bicyclic) bond motifs is 1. The van der Waals surface area contributed by atoms with Crippen LogP contribution in [0.2, 0.25) is 0 Å². The van der Waals surface area contributed by atoms with Crippen molar-refractivity contribution in [1.29, 1.82) is 0 Å². The van der Waals surface area contributed by atoms with Crippen molar-refractivity contribution >= 4 is 16.6 Å². The number of aromatic nitrogens is 2. The Morgan fingerprint density at radius 1 is 1.09 bits per heavy atom. The lowest BCUT2D eigenvalue weighted by Gasteiger charge is -2.09. The first kappa shape index (κ1) is 14.4. The van der Waals surface area contributed by atoms with E-state index in [0.29, 0.717) is 6.54 Å². The molecule has 3 rings (SSSR count). The number of nitrogens with one attached hydrogen (secondary N) is 1. The Labute approximate surface area is 125 Å². The second-order valence-corrected chi connectivity index (χ2v) is 5.09. The Morgan fingerprint density at radius 2 is 1.82 bits per heavy atom. The monoisotopic (exact) mass is 305 g/mol. The number of halogens is 3. The maximum absolute atomic E-state index is 12.5. The van der Waals surface area contributed by atoms with Crippen molar-refractivity contribution in [1.82, 2.24) is 9.78 Å². The molecule has 1 heterocycles. The van der Waals surface area contributed by atoms with Crippen LogP contribution >= 0.6 is 0 Å².